The molecule has 0 fully saturated rings. The van der Waals surface area contributed by atoms with E-state index in [4.69, 9.17) is 32.6 Å². The molecule has 170 valence electrons. The van der Waals surface area contributed by atoms with Gasteiger partial charge in [0.15, 0.2) is 6.61 Å². The van der Waals surface area contributed by atoms with Crippen molar-refractivity contribution in [2.45, 2.75) is 6.54 Å². The molecule has 8 nitrogen and oxygen atoms in total. The molecule has 10 heteroatoms. The summed E-state index contributed by atoms with van der Waals surface area (Å²) in [5.41, 5.74) is 8.09. The summed E-state index contributed by atoms with van der Waals surface area (Å²) < 4.78 is 6.03. The molecular weight excluding hydrogens is 512 g/mol. The molecule has 0 aliphatic rings. The number of para-hydroxylation sites is 1. The van der Waals surface area contributed by atoms with E-state index in [1.165, 1.54) is 0 Å². The van der Waals surface area contributed by atoms with Crippen molar-refractivity contribution in [2.75, 3.05) is 17.2 Å². The number of aliphatic carboxylic acids is 1. The average molecular weight is 532 g/mol. The molecule has 0 aliphatic carbocycles. The quantitative estimate of drug-likeness (QED) is 0.200. The van der Waals surface area contributed by atoms with Gasteiger partial charge in [-0.15, -0.1) is 0 Å². The van der Waals surface area contributed by atoms with Crippen molar-refractivity contribution in [3.63, 3.8) is 0 Å². The van der Waals surface area contributed by atoms with Gasteiger partial charge in [0.25, 0.3) is 5.91 Å². The second kappa shape index (κ2) is 10.8. The molecule has 1 amide bonds. The first kappa shape index (κ1) is 24.1. The van der Waals surface area contributed by atoms with E-state index in [9.17, 15) is 9.59 Å². The summed E-state index contributed by atoms with van der Waals surface area (Å²) in [4.78, 5) is 23.8. The first-order valence-corrected chi connectivity index (χ1v) is 10.8. The Labute approximate surface area is 203 Å². The molecule has 0 atom stereocenters. The molecule has 3 rings (SSSR count). The van der Waals surface area contributed by atoms with Gasteiger partial charge in [-0.05, 0) is 64.5 Å². The van der Waals surface area contributed by atoms with E-state index in [-0.39, 0.29) is 18.3 Å². The number of carbonyl (C=O) groups excluding carboxylic acids is 1. The lowest BCUT2D eigenvalue weighted by molar-refractivity contribution is -0.139. The zero-order chi connectivity index (χ0) is 24.0. The van der Waals surface area contributed by atoms with Crippen LogP contribution in [0.3, 0.4) is 0 Å². The molecule has 6 N–H and O–H groups in total. The van der Waals surface area contributed by atoms with Crippen LogP contribution < -0.4 is 21.1 Å². The second-order valence-electron chi connectivity index (χ2n) is 6.90. The fourth-order valence-corrected chi connectivity index (χ4v) is 3.66. The fraction of sp³-hybridized carbons (Fsp3) is 0.0870. The second-order valence-corrected chi connectivity index (χ2v) is 8.19. The number of amides is 1. The number of benzene rings is 3. The van der Waals surface area contributed by atoms with Crippen molar-refractivity contribution < 1.29 is 19.4 Å². The Bertz CT molecular complexity index is 1200. The minimum Gasteiger partial charge on any atom is -0.480 e. The number of halogens is 2. The Kier molecular flexibility index (Phi) is 7.92. The number of carboxylic acid groups (broad SMARTS) is 1. The van der Waals surface area contributed by atoms with Gasteiger partial charge in [0.05, 0.1) is 10.0 Å². The number of carbonyl (C=O) groups is 2. The van der Waals surface area contributed by atoms with Crippen molar-refractivity contribution in [1.82, 2.24) is 0 Å². The highest BCUT2D eigenvalue weighted by Crippen LogP contribution is 2.30. The van der Waals surface area contributed by atoms with Crippen LogP contribution in [-0.2, 0) is 11.3 Å². The number of anilines is 2. The van der Waals surface area contributed by atoms with Crippen molar-refractivity contribution in [3.8, 4) is 5.75 Å². The standard InChI is InChI=1S/C23H20BrClN4O4/c24-18-3-1-2-14(21(18)33-12-20(30)31)11-28-19-9-6-15(25)10-17(19)23(32)29-16-7-4-13(5-8-16)22(26)27/h1-10,28H,11-12H2,(H3,26,27)(H,29,32)(H,30,31). The maximum absolute atomic E-state index is 12.9. The van der Waals surface area contributed by atoms with Crippen LogP contribution in [0.4, 0.5) is 11.4 Å². The summed E-state index contributed by atoms with van der Waals surface area (Å²) in [6.07, 6.45) is 0. The summed E-state index contributed by atoms with van der Waals surface area (Å²) >= 11 is 9.50. The number of ether oxygens (including phenoxy) is 1. The lowest BCUT2D eigenvalue weighted by Gasteiger charge is -2.16. The van der Waals surface area contributed by atoms with Crippen LogP contribution in [0, 0.1) is 5.41 Å². The Morgan fingerprint density at radius 1 is 1.12 bits per heavy atom. The van der Waals surface area contributed by atoms with Gasteiger partial charge in [0.2, 0.25) is 0 Å². The normalized spacial score (nSPS) is 10.4. The highest BCUT2D eigenvalue weighted by molar-refractivity contribution is 9.10. The Hall–Kier alpha value is -3.56. The smallest absolute Gasteiger partial charge is 0.341 e. The molecule has 0 spiro atoms. The molecule has 0 heterocycles. The van der Waals surface area contributed by atoms with E-state index in [0.717, 1.165) is 0 Å². The number of carboxylic acids is 1. The molecule has 0 unspecified atom stereocenters. The van der Waals surface area contributed by atoms with Crippen LogP contribution in [0.2, 0.25) is 5.02 Å². The molecule has 0 aliphatic heterocycles. The molecule has 0 saturated carbocycles. The first-order valence-electron chi connectivity index (χ1n) is 9.66. The number of amidine groups is 1. The summed E-state index contributed by atoms with van der Waals surface area (Å²) in [5.74, 6) is -1.13. The maximum Gasteiger partial charge on any atom is 0.341 e. The average Bonchev–Trinajstić information content (AvgIpc) is 2.77. The summed E-state index contributed by atoms with van der Waals surface area (Å²) in [6.45, 7) is -0.212. The van der Waals surface area contributed by atoms with Crippen molar-refractivity contribution in [1.29, 1.82) is 5.41 Å². The Balaban J connectivity index is 1.79. The van der Waals surface area contributed by atoms with Gasteiger partial charge in [-0.1, -0.05) is 23.7 Å². The molecule has 0 aromatic heterocycles. The fourth-order valence-electron chi connectivity index (χ4n) is 2.97. The third-order valence-corrected chi connectivity index (χ3v) is 5.40. The minimum atomic E-state index is -1.09. The highest BCUT2D eigenvalue weighted by atomic mass is 79.9. The molecule has 0 saturated heterocycles. The molecule has 3 aromatic carbocycles. The SMILES string of the molecule is N=C(N)c1ccc(NC(=O)c2cc(Cl)ccc2NCc2cccc(Br)c2OCC(=O)O)cc1. The number of rotatable bonds is 9. The van der Waals surface area contributed by atoms with Crippen LogP contribution >= 0.6 is 27.5 Å². The maximum atomic E-state index is 12.9. The van der Waals surface area contributed by atoms with Gasteiger partial charge in [0, 0.05) is 34.1 Å². The van der Waals surface area contributed by atoms with Crippen LogP contribution in [-0.4, -0.2) is 29.4 Å². The Morgan fingerprint density at radius 2 is 1.85 bits per heavy atom. The number of nitrogen functional groups attached to an aromatic ring is 1. The predicted molar refractivity (Wildman–Crippen MR) is 131 cm³/mol. The van der Waals surface area contributed by atoms with Crippen LogP contribution in [0.25, 0.3) is 0 Å². The lowest BCUT2D eigenvalue weighted by atomic mass is 10.1. The molecule has 3 aromatic rings. The number of nitrogens with two attached hydrogens (primary N) is 1. The number of hydrogen-bond acceptors (Lipinski definition) is 5. The van der Waals surface area contributed by atoms with E-state index < -0.39 is 12.6 Å². The third kappa shape index (κ3) is 6.47. The summed E-state index contributed by atoms with van der Waals surface area (Å²) in [7, 11) is 0. The van der Waals surface area contributed by atoms with E-state index in [1.54, 1.807) is 60.7 Å². The van der Waals surface area contributed by atoms with Gasteiger partial charge < -0.3 is 26.2 Å². The zero-order valence-electron chi connectivity index (χ0n) is 17.2. The van der Waals surface area contributed by atoms with Gasteiger partial charge in [-0.3, -0.25) is 10.2 Å². The highest BCUT2D eigenvalue weighted by Gasteiger charge is 2.15. The number of nitrogens with one attached hydrogen (secondary N) is 3. The summed E-state index contributed by atoms with van der Waals surface area (Å²) in [5, 5.41) is 22.8. The predicted octanol–water partition coefficient (Wildman–Crippen LogP) is 4.71. The topological polar surface area (TPSA) is 138 Å². The van der Waals surface area contributed by atoms with E-state index in [2.05, 4.69) is 26.6 Å². The zero-order valence-corrected chi connectivity index (χ0v) is 19.5. The largest absolute Gasteiger partial charge is 0.480 e. The van der Waals surface area contributed by atoms with Gasteiger partial charge in [-0.2, -0.15) is 0 Å². The van der Waals surface area contributed by atoms with Gasteiger partial charge in [0.1, 0.15) is 11.6 Å². The van der Waals surface area contributed by atoms with Gasteiger partial charge >= 0.3 is 5.97 Å². The molecule has 0 radical (unpaired) electrons. The molecule has 33 heavy (non-hydrogen) atoms. The van der Waals surface area contributed by atoms with Crippen LogP contribution in [0.15, 0.2) is 65.1 Å². The first-order chi connectivity index (χ1) is 15.7. The monoisotopic (exact) mass is 530 g/mol. The van der Waals surface area contributed by atoms with Crippen LogP contribution in [0.5, 0.6) is 5.75 Å². The van der Waals surface area contributed by atoms with Crippen molar-refractivity contribution in [3.05, 3.63) is 86.8 Å². The molecule has 0 bridgehead atoms. The van der Waals surface area contributed by atoms with Crippen molar-refractivity contribution >= 4 is 56.6 Å². The van der Waals surface area contributed by atoms with Crippen molar-refractivity contribution in [2.24, 2.45) is 5.73 Å². The third-order valence-electron chi connectivity index (χ3n) is 4.54. The minimum absolute atomic E-state index is 0.0616. The summed E-state index contributed by atoms with van der Waals surface area (Å²) in [6, 6.07) is 16.8. The van der Waals surface area contributed by atoms with E-state index >= 15 is 0 Å². The Morgan fingerprint density at radius 3 is 2.52 bits per heavy atom. The number of hydrogen-bond donors (Lipinski definition) is 5. The van der Waals surface area contributed by atoms with E-state index in [0.29, 0.717) is 43.3 Å². The van der Waals surface area contributed by atoms with Gasteiger partial charge in [-0.25, -0.2) is 4.79 Å². The van der Waals surface area contributed by atoms with Crippen LogP contribution in [0.1, 0.15) is 21.5 Å². The lowest BCUT2D eigenvalue weighted by Crippen LogP contribution is -2.16. The van der Waals surface area contributed by atoms with E-state index in [1.807, 2.05) is 0 Å². The molecular formula is C23H20BrClN4O4.